The first-order chi connectivity index (χ1) is 11.3. The highest BCUT2D eigenvalue weighted by Crippen LogP contribution is 2.22. The summed E-state index contributed by atoms with van der Waals surface area (Å²) in [5.74, 6) is -1.02. The molecule has 1 aliphatic heterocycles. The molecular weight excluding hydrogens is 330 g/mol. The molecular formula is C17H23NO5S. The fourth-order valence-corrected chi connectivity index (χ4v) is 4.50. The van der Waals surface area contributed by atoms with Crippen molar-refractivity contribution in [2.75, 3.05) is 16.8 Å². The van der Waals surface area contributed by atoms with E-state index in [4.69, 9.17) is 4.74 Å². The van der Waals surface area contributed by atoms with E-state index in [0.29, 0.717) is 12.1 Å². The molecule has 24 heavy (non-hydrogen) atoms. The van der Waals surface area contributed by atoms with Gasteiger partial charge in [0.05, 0.1) is 11.5 Å². The van der Waals surface area contributed by atoms with Gasteiger partial charge < -0.3 is 10.1 Å². The minimum atomic E-state index is -3.02. The number of ether oxygens (including phenoxy) is 1. The predicted octanol–water partition coefficient (Wildman–Crippen LogP) is 1.94. The number of amides is 1. The van der Waals surface area contributed by atoms with Crippen LogP contribution >= 0.6 is 0 Å². The van der Waals surface area contributed by atoms with Crippen molar-refractivity contribution in [1.29, 1.82) is 0 Å². The third kappa shape index (κ3) is 5.33. The van der Waals surface area contributed by atoms with E-state index < -0.39 is 27.8 Å². The van der Waals surface area contributed by atoms with E-state index in [1.54, 1.807) is 12.1 Å². The summed E-state index contributed by atoms with van der Waals surface area (Å²) in [5.41, 5.74) is 1.81. The van der Waals surface area contributed by atoms with Gasteiger partial charge in [-0.15, -0.1) is 0 Å². The predicted molar refractivity (Wildman–Crippen MR) is 91.4 cm³/mol. The summed E-state index contributed by atoms with van der Waals surface area (Å²) in [6.07, 6.45) is 0.490. The van der Waals surface area contributed by atoms with Gasteiger partial charge in [-0.3, -0.25) is 9.59 Å². The smallest absolute Gasteiger partial charge is 0.306 e. The molecule has 0 saturated carbocycles. The Labute approximate surface area is 142 Å². The summed E-state index contributed by atoms with van der Waals surface area (Å²) < 4.78 is 27.9. The molecule has 1 amide bonds. The van der Waals surface area contributed by atoms with Crippen LogP contribution in [0, 0.1) is 5.92 Å². The highest BCUT2D eigenvalue weighted by Gasteiger charge is 2.30. The molecule has 0 aromatic heterocycles. The van der Waals surface area contributed by atoms with Crippen LogP contribution < -0.4 is 5.32 Å². The molecule has 132 valence electrons. The molecule has 2 atom stereocenters. The molecule has 0 spiro atoms. The van der Waals surface area contributed by atoms with Gasteiger partial charge in [-0.2, -0.15) is 0 Å². The number of sulfone groups is 1. The average molecular weight is 353 g/mol. The zero-order valence-corrected chi connectivity index (χ0v) is 14.8. The summed E-state index contributed by atoms with van der Waals surface area (Å²) in [5, 5.41) is 2.69. The summed E-state index contributed by atoms with van der Waals surface area (Å²) in [7, 11) is -3.02. The summed E-state index contributed by atoms with van der Waals surface area (Å²) in [6, 6.07) is 7.45. The monoisotopic (exact) mass is 353 g/mol. The molecule has 6 nitrogen and oxygen atoms in total. The summed E-state index contributed by atoms with van der Waals surface area (Å²) in [4.78, 5) is 23.9. The number of hydrogen-bond donors (Lipinski definition) is 1. The lowest BCUT2D eigenvalue weighted by Crippen LogP contribution is -2.30. The molecule has 1 N–H and O–H groups in total. The number of esters is 1. The minimum absolute atomic E-state index is 0.0203. The van der Waals surface area contributed by atoms with Crippen LogP contribution in [0.2, 0.25) is 0 Å². The Kier molecular flexibility index (Phi) is 5.99. The van der Waals surface area contributed by atoms with Gasteiger partial charge in [-0.1, -0.05) is 19.1 Å². The van der Waals surface area contributed by atoms with Gasteiger partial charge in [0.2, 0.25) is 0 Å². The second kappa shape index (κ2) is 7.79. The van der Waals surface area contributed by atoms with Crippen molar-refractivity contribution < 1.29 is 22.7 Å². The second-order valence-electron chi connectivity index (χ2n) is 6.15. The van der Waals surface area contributed by atoms with E-state index in [2.05, 4.69) is 5.32 Å². The number of carbonyl (C=O) groups is 2. The van der Waals surface area contributed by atoms with Gasteiger partial charge in [0, 0.05) is 12.1 Å². The molecule has 1 aromatic carbocycles. The number of hydrogen-bond acceptors (Lipinski definition) is 5. The third-order valence-electron chi connectivity index (χ3n) is 4.09. The molecule has 0 bridgehead atoms. The number of anilines is 1. The van der Waals surface area contributed by atoms with Crippen LogP contribution in [0.4, 0.5) is 5.69 Å². The van der Waals surface area contributed by atoms with E-state index in [1.807, 2.05) is 19.1 Å². The van der Waals surface area contributed by atoms with Crippen molar-refractivity contribution >= 4 is 27.4 Å². The SMILES string of the molecule is CCc1ccc(NC(=O)[C@@H](C)OC(=O)C[C@H]2CCS(=O)(=O)C2)cc1. The van der Waals surface area contributed by atoms with E-state index in [1.165, 1.54) is 12.5 Å². The maximum Gasteiger partial charge on any atom is 0.306 e. The van der Waals surface area contributed by atoms with Crippen molar-refractivity contribution in [3.8, 4) is 0 Å². The molecule has 1 fully saturated rings. The normalized spacial score (nSPS) is 20.3. The van der Waals surface area contributed by atoms with Crippen LogP contribution in [-0.2, 0) is 30.6 Å². The Morgan fingerprint density at radius 2 is 1.96 bits per heavy atom. The lowest BCUT2D eigenvalue weighted by molar-refractivity contribution is -0.153. The molecule has 2 rings (SSSR count). The Balaban J connectivity index is 1.81. The fourth-order valence-electron chi connectivity index (χ4n) is 2.64. The zero-order valence-electron chi connectivity index (χ0n) is 13.9. The quantitative estimate of drug-likeness (QED) is 0.790. The molecule has 1 aliphatic rings. The molecule has 1 aromatic rings. The van der Waals surface area contributed by atoms with Crippen LogP contribution in [0.15, 0.2) is 24.3 Å². The van der Waals surface area contributed by atoms with E-state index in [0.717, 1.165) is 6.42 Å². The largest absolute Gasteiger partial charge is 0.453 e. The van der Waals surface area contributed by atoms with Crippen molar-refractivity contribution in [3.63, 3.8) is 0 Å². The van der Waals surface area contributed by atoms with Crippen molar-refractivity contribution in [2.45, 2.75) is 39.2 Å². The van der Waals surface area contributed by atoms with Crippen LogP contribution in [-0.4, -0.2) is 37.9 Å². The van der Waals surface area contributed by atoms with Gasteiger partial charge >= 0.3 is 5.97 Å². The molecule has 0 unspecified atom stereocenters. The highest BCUT2D eigenvalue weighted by molar-refractivity contribution is 7.91. The molecule has 0 radical (unpaired) electrons. The Morgan fingerprint density at radius 1 is 1.29 bits per heavy atom. The summed E-state index contributed by atoms with van der Waals surface area (Å²) >= 11 is 0. The number of carbonyl (C=O) groups excluding carboxylic acids is 2. The first-order valence-corrected chi connectivity index (χ1v) is 9.91. The van der Waals surface area contributed by atoms with Crippen LogP contribution in [0.5, 0.6) is 0 Å². The van der Waals surface area contributed by atoms with Gasteiger partial charge in [0.15, 0.2) is 15.9 Å². The molecule has 0 aliphatic carbocycles. The Bertz CT molecular complexity index is 696. The minimum Gasteiger partial charge on any atom is -0.453 e. The summed E-state index contributed by atoms with van der Waals surface area (Å²) in [6.45, 7) is 3.55. The van der Waals surface area contributed by atoms with Crippen LogP contribution in [0.1, 0.15) is 32.3 Å². The number of nitrogens with one attached hydrogen (secondary N) is 1. The number of rotatable bonds is 6. The van der Waals surface area contributed by atoms with Crippen molar-refractivity contribution in [2.24, 2.45) is 5.92 Å². The fraction of sp³-hybridized carbons (Fsp3) is 0.529. The lowest BCUT2D eigenvalue weighted by Gasteiger charge is -2.15. The van der Waals surface area contributed by atoms with Crippen molar-refractivity contribution in [1.82, 2.24) is 0 Å². The maximum atomic E-state index is 12.1. The van der Waals surface area contributed by atoms with Gasteiger partial charge in [0.25, 0.3) is 5.91 Å². The van der Waals surface area contributed by atoms with Gasteiger partial charge in [-0.25, -0.2) is 8.42 Å². The second-order valence-corrected chi connectivity index (χ2v) is 8.37. The average Bonchev–Trinajstić information content (AvgIpc) is 2.86. The van der Waals surface area contributed by atoms with E-state index in [-0.39, 0.29) is 23.8 Å². The molecule has 7 heteroatoms. The number of benzene rings is 1. The zero-order chi connectivity index (χ0) is 17.7. The maximum absolute atomic E-state index is 12.1. The van der Waals surface area contributed by atoms with E-state index in [9.17, 15) is 18.0 Å². The topological polar surface area (TPSA) is 89.5 Å². The molecule has 1 heterocycles. The molecule has 1 saturated heterocycles. The lowest BCUT2D eigenvalue weighted by atomic mass is 10.1. The first-order valence-electron chi connectivity index (χ1n) is 8.09. The van der Waals surface area contributed by atoms with Gasteiger partial charge in [-0.05, 0) is 43.4 Å². The number of aryl methyl sites for hydroxylation is 1. The van der Waals surface area contributed by atoms with Crippen LogP contribution in [0.25, 0.3) is 0 Å². The van der Waals surface area contributed by atoms with E-state index >= 15 is 0 Å². The Hall–Kier alpha value is -1.89. The first kappa shape index (κ1) is 18.4. The van der Waals surface area contributed by atoms with Crippen molar-refractivity contribution in [3.05, 3.63) is 29.8 Å². The Morgan fingerprint density at radius 3 is 2.50 bits per heavy atom. The van der Waals surface area contributed by atoms with Gasteiger partial charge in [0.1, 0.15) is 0 Å². The standard InChI is InChI=1S/C17H23NO5S/c1-3-13-4-6-15(7-5-13)18-17(20)12(2)23-16(19)10-14-8-9-24(21,22)11-14/h4-7,12,14H,3,8-11H2,1-2H3,(H,18,20)/t12-,14-/m1/s1. The third-order valence-corrected chi connectivity index (χ3v) is 5.93. The van der Waals surface area contributed by atoms with Crippen LogP contribution in [0.3, 0.4) is 0 Å². The highest BCUT2D eigenvalue weighted by atomic mass is 32.2.